The molecule has 138 valence electrons. The topological polar surface area (TPSA) is 49.3 Å². The smallest absolute Gasteiger partial charge is 0.233 e. The first-order valence-electron chi connectivity index (χ1n) is 8.80. The lowest BCUT2D eigenvalue weighted by Crippen LogP contribution is -2.37. The van der Waals surface area contributed by atoms with Crippen LogP contribution in [-0.4, -0.2) is 46.7 Å². The van der Waals surface area contributed by atoms with Crippen LogP contribution in [0.3, 0.4) is 0 Å². The zero-order chi connectivity index (χ0) is 18.5. The number of benzene rings is 1. The Bertz CT molecular complexity index is 786. The number of hydrogen-bond donors (Lipinski definition) is 0. The molecule has 0 aliphatic carbocycles. The summed E-state index contributed by atoms with van der Waals surface area (Å²) in [5.74, 6) is 1.21. The molecule has 2 aromatic rings. The van der Waals surface area contributed by atoms with Gasteiger partial charge in [0.2, 0.25) is 5.91 Å². The molecule has 7 heteroatoms. The number of thioether (sulfide) groups is 1. The molecular weight excluding hydrogens is 368 g/mol. The minimum Gasteiger partial charge on any atom is -0.360 e. The summed E-state index contributed by atoms with van der Waals surface area (Å²) < 4.78 is 0. The molecule has 0 unspecified atom stereocenters. The van der Waals surface area contributed by atoms with Gasteiger partial charge in [0, 0.05) is 32.7 Å². The van der Waals surface area contributed by atoms with E-state index in [9.17, 15) is 4.79 Å². The summed E-state index contributed by atoms with van der Waals surface area (Å²) in [6.07, 6.45) is 1.93. The van der Waals surface area contributed by atoms with Gasteiger partial charge >= 0.3 is 0 Å². The Kier molecular flexibility index (Phi) is 6.38. The maximum atomic E-state index is 12.6. The van der Waals surface area contributed by atoms with Gasteiger partial charge in [-0.2, -0.15) is 0 Å². The van der Waals surface area contributed by atoms with Gasteiger partial charge in [0.25, 0.3) is 0 Å². The molecule has 0 saturated heterocycles. The lowest BCUT2D eigenvalue weighted by molar-refractivity contribution is -0.129. The lowest BCUT2D eigenvalue weighted by Gasteiger charge is -2.28. The van der Waals surface area contributed by atoms with Crippen molar-refractivity contribution in [2.24, 2.45) is 0 Å². The Hall–Kier alpha value is -1.79. The van der Waals surface area contributed by atoms with E-state index in [1.165, 1.54) is 22.9 Å². The van der Waals surface area contributed by atoms with Gasteiger partial charge < -0.3 is 9.80 Å². The maximum Gasteiger partial charge on any atom is 0.233 e. The molecule has 1 aromatic carbocycles. The van der Waals surface area contributed by atoms with E-state index in [4.69, 9.17) is 11.6 Å². The van der Waals surface area contributed by atoms with Gasteiger partial charge in [-0.15, -0.1) is 0 Å². The van der Waals surface area contributed by atoms with Crippen LogP contribution < -0.4 is 4.90 Å². The van der Waals surface area contributed by atoms with E-state index < -0.39 is 0 Å². The number of nitrogens with zero attached hydrogens (tertiary/aromatic N) is 4. The highest BCUT2D eigenvalue weighted by molar-refractivity contribution is 7.99. The van der Waals surface area contributed by atoms with Gasteiger partial charge in [-0.3, -0.25) is 4.79 Å². The van der Waals surface area contributed by atoms with Crippen LogP contribution in [0.25, 0.3) is 0 Å². The van der Waals surface area contributed by atoms with Crippen molar-refractivity contribution >= 4 is 35.1 Å². The van der Waals surface area contributed by atoms with Crippen LogP contribution in [0.2, 0.25) is 5.15 Å². The van der Waals surface area contributed by atoms with E-state index in [2.05, 4.69) is 35.1 Å². The van der Waals surface area contributed by atoms with Crippen LogP contribution in [0.1, 0.15) is 24.5 Å². The lowest BCUT2D eigenvalue weighted by atomic mass is 10.00. The molecule has 1 amide bonds. The minimum absolute atomic E-state index is 0.108. The third-order valence-corrected chi connectivity index (χ3v) is 5.44. The number of fused-ring (bicyclic) bond motifs is 1. The van der Waals surface area contributed by atoms with Crippen molar-refractivity contribution in [3.8, 4) is 0 Å². The largest absolute Gasteiger partial charge is 0.360 e. The van der Waals surface area contributed by atoms with Gasteiger partial charge in [0.05, 0.1) is 5.75 Å². The molecule has 5 nitrogen and oxygen atoms in total. The monoisotopic (exact) mass is 390 g/mol. The Morgan fingerprint density at radius 1 is 1.31 bits per heavy atom. The van der Waals surface area contributed by atoms with Crippen molar-refractivity contribution in [3.05, 3.63) is 46.6 Å². The highest BCUT2D eigenvalue weighted by atomic mass is 35.5. The van der Waals surface area contributed by atoms with Crippen LogP contribution in [0.15, 0.2) is 35.5 Å². The Morgan fingerprint density at radius 3 is 2.85 bits per heavy atom. The summed E-state index contributed by atoms with van der Waals surface area (Å²) in [6.45, 7) is 4.45. The number of anilines is 1. The van der Waals surface area contributed by atoms with Crippen molar-refractivity contribution in [2.45, 2.75) is 31.5 Å². The zero-order valence-corrected chi connectivity index (χ0v) is 16.7. The van der Waals surface area contributed by atoms with Gasteiger partial charge in [0.15, 0.2) is 5.16 Å². The molecule has 26 heavy (non-hydrogen) atoms. The molecular formula is C19H23ClN4OS. The SMILES string of the molecule is CCCN(C)c1cc(Cl)nc(SCC(=O)N2CCc3ccccc3C2)n1. The van der Waals surface area contributed by atoms with E-state index in [1.807, 2.05) is 22.9 Å². The predicted molar refractivity (Wildman–Crippen MR) is 107 cm³/mol. The average molecular weight is 391 g/mol. The third kappa shape index (κ3) is 4.68. The summed E-state index contributed by atoms with van der Waals surface area (Å²) in [5, 5.41) is 0.945. The van der Waals surface area contributed by atoms with E-state index in [0.29, 0.717) is 22.6 Å². The number of aromatic nitrogens is 2. The second-order valence-electron chi connectivity index (χ2n) is 6.38. The highest BCUT2D eigenvalue weighted by Crippen LogP contribution is 2.23. The first kappa shape index (κ1) is 19.0. The molecule has 1 aliphatic rings. The van der Waals surface area contributed by atoms with Crippen molar-refractivity contribution in [1.82, 2.24) is 14.9 Å². The molecule has 0 bridgehead atoms. The van der Waals surface area contributed by atoms with Crippen molar-refractivity contribution in [2.75, 3.05) is 30.8 Å². The minimum atomic E-state index is 0.108. The van der Waals surface area contributed by atoms with E-state index in [0.717, 1.165) is 31.7 Å². The zero-order valence-electron chi connectivity index (χ0n) is 15.1. The first-order chi connectivity index (χ1) is 12.6. The molecule has 1 aromatic heterocycles. The Labute approximate surface area is 163 Å². The highest BCUT2D eigenvalue weighted by Gasteiger charge is 2.21. The number of carbonyl (C=O) groups is 1. The fourth-order valence-electron chi connectivity index (χ4n) is 3.02. The standard InChI is InChI=1S/C19H23ClN4OS/c1-3-9-23(2)17-11-16(20)21-19(22-17)26-13-18(25)24-10-8-14-6-4-5-7-15(14)12-24/h4-7,11H,3,8-10,12-13H2,1-2H3. The second kappa shape index (κ2) is 8.73. The quantitative estimate of drug-likeness (QED) is 0.428. The average Bonchev–Trinajstić information content (AvgIpc) is 2.65. The number of carbonyl (C=O) groups excluding carboxylic acids is 1. The predicted octanol–water partition coefficient (Wildman–Crippen LogP) is 3.65. The number of halogens is 1. The number of amides is 1. The van der Waals surface area contributed by atoms with Crippen molar-refractivity contribution < 1.29 is 4.79 Å². The van der Waals surface area contributed by atoms with Gasteiger partial charge in [0.1, 0.15) is 11.0 Å². The van der Waals surface area contributed by atoms with Crippen LogP contribution in [-0.2, 0) is 17.8 Å². The number of rotatable bonds is 6. The molecule has 0 N–H and O–H groups in total. The molecule has 0 atom stereocenters. The number of hydrogen-bond acceptors (Lipinski definition) is 5. The summed E-state index contributed by atoms with van der Waals surface area (Å²) in [4.78, 5) is 25.3. The Morgan fingerprint density at radius 2 is 2.08 bits per heavy atom. The Balaban J connectivity index is 1.61. The summed E-state index contributed by atoms with van der Waals surface area (Å²) >= 11 is 7.47. The molecule has 0 radical (unpaired) electrons. The van der Waals surface area contributed by atoms with Crippen LogP contribution >= 0.6 is 23.4 Å². The van der Waals surface area contributed by atoms with E-state index >= 15 is 0 Å². The van der Waals surface area contributed by atoms with Gasteiger partial charge in [-0.05, 0) is 24.0 Å². The molecule has 2 heterocycles. The molecule has 0 spiro atoms. The summed E-state index contributed by atoms with van der Waals surface area (Å²) in [7, 11) is 1.98. The van der Waals surface area contributed by atoms with Gasteiger partial charge in [-0.25, -0.2) is 9.97 Å². The van der Waals surface area contributed by atoms with Gasteiger partial charge in [-0.1, -0.05) is 54.6 Å². The van der Waals surface area contributed by atoms with Crippen LogP contribution in [0, 0.1) is 0 Å². The third-order valence-electron chi connectivity index (χ3n) is 4.42. The van der Waals surface area contributed by atoms with Crippen LogP contribution in [0.4, 0.5) is 5.82 Å². The molecule has 0 saturated carbocycles. The normalized spacial score (nSPS) is 13.4. The first-order valence-corrected chi connectivity index (χ1v) is 10.2. The van der Waals surface area contributed by atoms with Crippen molar-refractivity contribution in [3.63, 3.8) is 0 Å². The van der Waals surface area contributed by atoms with Crippen molar-refractivity contribution in [1.29, 1.82) is 0 Å². The second-order valence-corrected chi connectivity index (χ2v) is 7.71. The molecule has 1 aliphatic heterocycles. The van der Waals surface area contributed by atoms with E-state index in [-0.39, 0.29) is 5.91 Å². The maximum absolute atomic E-state index is 12.6. The molecule has 3 rings (SSSR count). The summed E-state index contributed by atoms with van der Waals surface area (Å²) in [6, 6.07) is 10.1. The fraction of sp³-hybridized carbons (Fsp3) is 0.421. The molecule has 0 fully saturated rings. The summed E-state index contributed by atoms with van der Waals surface area (Å²) in [5.41, 5.74) is 2.57. The van der Waals surface area contributed by atoms with E-state index in [1.54, 1.807) is 6.07 Å². The van der Waals surface area contributed by atoms with Crippen LogP contribution in [0.5, 0.6) is 0 Å². The fourth-order valence-corrected chi connectivity index (χ4v) is 4.01.